The van der Waals surface area contributed by atoms with Crippen molar-refractivity contribution in [3.63, 3.8) is 0 Å². The number of nitrogens with zero attached hydrogens (tertiary/aromatic N) is 3. The number of likely N-dealkylation sites (tertiary alicyclic amines) is 1. The summed E-state index contributed by atoms with van der Waals surface area (Å²) in [6.45, 7) is 13.5. The first-order chi connectivity index (χ1) is 9.06. The highest BCUT2D eigenvalue weighted by Crippen LogP contribution is 2.16. The van der Waals surface area contributed by atoms with Crippen LogP contribution in [-0.4, -0.2) is 40.6 Å². The molecule has 1 unspecified atom stereocenters. The van der Waals surface area contributed by atoms with E-state index in [1.807, 2.05) is 0 Å². The first kappa shape index (κ1) is 14.4. The molecule has 0 saturated carbocycles. The Morgan fingerprint density at radius 3 is 2.58 bits per heavy atom. The normalized spacial score (nSPS) is 18.2. The van der Waals surface area contributed by atoms with E-state index in [1.54, 1.807) is 0 Å². The van der Waals surface area contributed by atoms with Crippen LogP contribution in [0.4, 0.5) is 5.95 Å². The van der Waals surface area contributed by atoms with Crippen molar-refractivity contribution in [2.75, 3.05) is 31.5 Å². The molecule has 0 bridgehead atoms. The summed E-state index contributed by atoms with van der Waals surface area (Å²) in [6, 6.07) is 0.456. The minimum absolute atomic E-state index is 0.456. The van der Waals surface area contributed by atoms with Crippen molar-refractivity contribution in [2.45, 2.75) is 46.6 Å². The molecule has 1 aliphatic heterocycles. The maximum Gasteiger partial charge on any atom is 0.203 e. The SMILES string of the molecule is Cc1cn(C(C)C)c(NCC(C)CN2CCCC2)n1. The predicted molar refractivity (Wildman–Crippen MR) is 80.7 cm³/mol. The summed E-state index contributed by atoms with van der Waals surface area (Å²) in [6.07, 6.45) is 4.87. The monoisotopic (exact) mass is 264 g/mol. The van der Waals surface area contributed by atoms with Crippen LogP contribution in [0.15, 0.2) is 6.20 Å². The van der Waals surface area contributed by atoms with E-state index < -0.39 is 0 Å². The van der Waals surface area contributed by atoms with Crippen LogP contribution in [0.2, 0.25) is 0 Å². The van der Waals surface area contributed by atoms with Gasteiger partial charge in [0.15, 0.2) is 0 Å². The minimum Gasteiger partial charge on any atom is -0.355 e. The Balaban J connectivity index is 1.83. The zero-order chi connectivity index (χ0) is 13.8. The number of imidazole rings is 1. The Bertz CT molecular complexity index is 391. The molecule has 1 saturated heterocycles. The van der Waals surface area contributed by atoms with Crippen molar-refractivity contribution in [2.24, 2.45) is 5.92 Å². The van der Waals surface area contributed by atoms with Gasteiger partial charge in [0.1, 0.15) is 0 Å². The Hall–Kier alpha value is -1.03. The summed E-state index contributed by atoms with van der Waals surface area (Å²) in [4.78, 5) is 7.15. The van der Waals surface area contributed by atoms with Gasteiger partial charge >= 0.3 is 0 Å². The van der Waals surface area contributed by atoms with E-state index in [1.165, 1.54) is 32.5 Å². The maximum atomic E-state index is 4.57. The Labute approximate surface area is 117 Å². The van der Waals surface area contributed by atoms with Gasteiger partial charge in [-0.3, -0.25) is 0 Å². The third-order valence-corrected chi connectivity index (χ3v) is 3.79. The number of rotatable bonds is 6. The summed E-state index contributed by atoms with van der Waals surface area (Å²) in [5.74, 6) is 1.68. The third-order valence-electron chi connectivity index (χ3n) is 3.79. The molecule has 4 nitrogen and oxygen atoms in total. The largest absolute Gasteiger partial charge is 0.355 e. The van der Waals surface area contributed by atoms with Crippen LogP contribution in [0.1, 0.15) is 45.3 Å². The topological polar surface area (TPSA) is 33.1 Å². The van der Waals surface area contributed by atoms with Gasteiger partial charge in [0.25, 0.3) is 0 Å². The molecule has 0 spiro atoms. The molecule has 0 amide bonds. The Kier molecular flexibility index (Phi) is 4.86. The molecule has 1 aliphatic rings. The molecule has 108 valence electrons. The van der Waals surface area contributed by atoms with Crippen LogP contribution in [0.25, 0.3) is 0 Å². The predicted octanol–water partition coefficient (Wildman–Crippen LogP) is 2.92. The Morgan fingerprint density at radius 2 is 1.95 bits per heavy atom. The van der Waals surface area contributed by atoms with E-state index in [4.69, 9.17) is 0 Å². The second-order valence-electron chi connectivity index (χ2n) is 6.20. The molecule has 0 aliphatic carbocycles. The van der Waals surface area contributed by atoms with Crippen molar-refractivity contribution in [3.05, 3.63) is 11.9 Å². The van der Waals surface area contributed by atoms with Crippen LogP contribution >= 0.6 is 0 Å². The molecule has 1 aromatic heterocycles. The van der Waals surface area contributed by atoms with E-state index in [9.17, 15) is 0 Å². The van der Waals surface area contributed by atoms with Gasteiger partial charge in [0.05, 0.1) is 5.69 Å². The second-order valence-corrected chi connectivity index (χ2v) is 6.20. The zero-order valence-corrected chi connectivity index (χ0v) is 12.8. The lowest BCUT2D eigenvalue weighted by Crippen LogP contribution is -2.29. The fourth-order valence-corrected chi connectivity index (χ4v) is 2.78. The highest BCUT2D eigenvalue weighted by molar-refractivity contribution is 5.29. The summed E-state index contributed by atoms with van der Waals surface area (Å²) in [7, 11) is 0. The van der Waals surface area contributed by atoms with Gasteiger partial charge < -0.3 is 14.8 Å². The number of hydrogen-bond acceptors (Lipinski definition) is 3. The number of anilines is 1. The molecule has 1 atom stereocenters. The zero-order valence-electron chi connectivity index (χ0n) is 12.8. The van der Waals surface area contributed by atoms with Gasteiger partial charge in [-0.15, -0.1) is 0 Å². The Morgan fingerprint density at radius 1 is 1.26 bits per heavy atom. The van der Waals surface area contributed by atoms with Crippen molar-refractivity contribution in [3.8, 4) is 0 Å². The highest BCUT2D eigenvalue weighted by Gasteiger charge is 2.15. The summed E-state index contributed by atoms with van der Waals surface area (Å²) in [5, 5.41) is 3.51. The summed E-state index contributed by atoms with van der Waals surface area (Å²) in [5.41, 5.74) is 1.09. The molecule has 0 radical (unpaired) electrons. The average Bonchev–Trinajstić information content (AvgIpc) is 2.96. The first-order valence-electron chi connectivity index (χ1n) is 7.58. The molecule has 19 heavy (non-hydrogen) atoms. The van der Waals surface area contributed by atoms with Crippen LogP contribution in [-0.2, 0) is 0 Å². The molecular formula is C15H28N4. The summed E-state index contributed by atoms with van der Waals surface area (Å²) >= 11 is 0. The van der Waals surface area contributed by atoms with E-state index in [-0.39, 0.29) is 0 Å². The molecule has 0 aromatic carbocycles. The van der Waals surface area contributed by atoms with Crippen molar-refractivity contribution >= 4 is 5.95 Å². The van der Waals surface area contributed by atoms with Crippen LogP contribution < -0.4 is 5.32 Å². The average molecular weight is 264 g/mol. The fraction of sp³-hybridized carbons (Fsp3) is 0.800. The van der Waals surface area contributed by atoms with E-state index >= 15 is 0 Å². The van der Waals surface area contributed by atoms with Gasteiger partial charge in [-0.1, -0.05) is 6.92 Å². The van der Waals surface area contributed by atoms with Crippen LogP contribution in [0, 0.1) is 12.8 Å². The van der Waals surface area contributed by atoms with Crippen LogP contribution in [0.5, 0.6) is 0 Å². The minimum atomic E-state index is 0.456. The highest BCUT2D eigenvalue weighted by atomic mass is 15.2. The standard InChI is InChI=1S/C15H28N4/c1-12(2)19-11-14(4)17-15(19)16-9-13(3)10-18-7-5-6-8-18/h11-13H,5-10H2,1-4H3,(H,16,17). The summed E-state index contributed by atoms with van der Waals surface area (Å²) < 4.78 is 2.22. The fourth-order valence-electron chi connectivity index (χ4n) is 2.78. The molecule has 2 heterocycles. The molecule has 4 heteroatoms. The van der Waals surface area contributed by atoms with Crippen molar-refractivity contribution < 1.29 is 0 Å². The number of aromatic nitrogens is 2. The number of aryl methyl sites for hydroxylation is 1. The van der Waals surface area contributed by atoms with Gasteiger partial charge in [-0.25, -0.2) is 4.98 Å². The molecule has 1 N–H and O–H groups in total. The number of nitrogens with one attached hydrogen (secondary N) is 1. The van der Waals surface area contributed by atoms with Crippen molar-refractivity contribution in [1.82, 2.24) is 14.5 Å². The molecular weight excluding hydrogens is 236 g/mol. The second kappa shape index (κ2) is 6.42. The van der Waals surface area contributed by atoms with Crippen molar-refractivity contribution in [1.29, 1.82) is 0 Å². The lowest BCUT2D eigenvalue weighted by atomic mass is 10.1. The van der Waals surface area contributed by atoms with E-state index in [0.29, 0.717) is 12.0 Å². The van der Waals surface area contributed by atoms with Gasteiger partial charge in [0, 0.05) is 25.3 Å². The van der Waals surface area contributed by atoms with E-state index in [2.05, 4.69) is 53.7 Å². The number of hydrogen-bond donors (Lipinski definition) is 1. The lowest BCUT2D eigenvalue weighted by molar-refractivity contribution is 0.294. The molecule has 1 aromatic rings. The lowest BCUT2D eigenvalue weighted by Gasteiger charge is -2.21. The van der Waals surface area contributed by atoms with Crippen LogP contribution in [0.3, 0.4) is 0 Å². The third kappa shape index (κ3) is 3.96. The smallest absolute Gasteiger partial charge is 0.203 e. The maximum absolute atomic E-state index is 4.57. The van der Waals surface area contributed by atoms with Gasteiger partial charge in [-0.2, -0.15) is 0 Å². The first-order valence-corrected chi connectivity index (χ1v) is 7.58. The van der Waals surface area contributed by atoms with Gasteiger partial charge in [0.2, 0.25) is 5.95 Å². The quantitative estimate of drug-likeness (QED) is 0.857. The van der Waals surface area contributed by atoms with Gasteiger partial charge in [-0.05, 0) is 52.6 Å². The molecule has 1 fully saturated rings. The molecule has 2 rings (SSSR count). The van der Waals surface area contributed by atoms with E-state index in [0.717, 1.165) is 18.2 Å².